The highest BCUT2D eigenvalue weighted by atomic mass is 19.1. The Kier molecular flexibility index (Phi) is 5.61. The Morgan fingerprint density at radius 3 is 2.52 bits per heavy atom. The second-order valence-corrected chi connectivity index (χ2v) is 7.71. The van der Waals surface area contributed by atoms with E-state index in [0.29, 0.717) is 50.9 Å². The number of anilines is 1. The summed E-state index contributed by atoms with van der Waals surface area (Å²) >= 11 is 0. The van der Waals surface area contributed by atoms with Crippen LogP contribution in [0.25, 0.3) is 0 Å². The number of piperazine rings is 1. The van der Waals surface area contributed by atoms with Gasteiger partial charge >= 0.3 is 0 Å². The fourth-order valence-electron chi connectivity index (χ4n) is 4.59. The van der Waals surface area contributed by atoms with Crippen LogP contribution in [0.2, 0.25) is 0 Å². The summed E-state index contributed by atoms with van der Waals surface area (Å²) in [6.45, 7) is 4.43. The van der Waals surface area contributed by atoms with Gasteiger partial charge < -0.3 is 19.6 Å². The van der Waals surface area contributed by atoms with E-state index >= 15 is 0 Å². The minimum atomic E-state index is -0.443. The van der Waals surface area contributed by atoms with Gasteiger partial charge in [0.2, 0.25) is 5.91 Å². The quantitative estimate of drug-likeness (QED) is 0.855. The normalized spacial score (nSPS) is 27.9. The van der Waals surface area contributed by atoms with Gasteiger partial charge in [-0.1, -0.05) is 12.1 Å². The standard InChI is InChI=1S/C20H28FN3O3/c21-17-3-1-2-4-18(17)22-7-9-23(10-8-22)20(26)19-13-16(25)14-24(19)15-5-11-27-12-6-15/h1-4,15-16,19,25H,5-14H2/t16-,19+/m1/s1. The van der Waals surface area contributed by atoms with Crippen LogP contribution in [0.1, 0.15) is 19.3 Å². The van der Waals surface area contributed by atoms with Gasteiger partial charge in [0.15, 0.2) is 0 Å². The fourth-order valence-corrected chi connectivity index (χ4v) is 4.59. The van der Waals surface area contributed by atoms with Crippen LogP contribution in [-0.2, 0) is 9.53 Å². The summed E-state index contributed by atoms with van der Waals surface area (Å²) < 4.78 is 19.4. The van der Waals surface area contributed by atoms with E-state index in [0.717, 1.165) is 26.1 Å². The molecule has 2 atom stereocenters. The topological polar surface area (TPSA) is 56.2 Å². The molecule has 3 fully saturated rings. The van der Waals surface area contributed by atoms with Crippen molar-refractivity contribution in [3.8, 4) is 0 Å². The van der Waals surface area contributed by atoms with E-state index in [-0.39, 0.29) is 17.8 Å². The maximum Gasteiger partial charge on any atom is 0.240 e. The second-order valence-electron chi connectivity index (χ2n) is 7.71. The number of carbonyl (C=O) groups is 1. The number of nitrogens with zero attached hydrogens (tertiary/aromatic N) is 3. The molecule has 3 aliphatic rings. The number of hydrogen-bond donors (Lipinski definition) is 1. The number of halogens is 1. The molecule has 1 N–H and O–H groups in total. The minimum Gasteiger partial charge on any atom is -0.392 e. The van der Waals surface area contributed by atoms with Crippen molar-refractivity contribution in [2.24, 2.45) is 0 Å². The van der Waals surface area contributed by atoms with Gasteiger partial charge in [-0.3, -0.25) is 9.69 Å². The predicted molar refractivity (Wildman–Crippen MR) is 100 cm³/mol. The molecule has 0 aromatic heterocycles. The van der Waals surface area contributed by atoms with E-state index in [2.05, 4.69) is 4.90 Å². The molecule has 148 valence electrons. The Morgan fingerprint density at radius 2 is 1.81 bits per heavy atom. The zero-order chi connectivity index (χ0) is 18.8. The number of amides is 1. The molecule has 27 heavy (non-hydrogen) atoms. The van der Waals surface area contributed by atoms with E-state index in [9.17, 15) is 14.3 Å². The number of likely N-dealkylation sites (tertiary alicyclic amines) is 1. The molecule has 0 unspecified atom stereocenters. The number of β-amino-alcohol motifs (C(OH)–C–C–N with tert-alkyl or cyclic N) is 1. The molecule has 3 heterocycles. The Bertz CT molecular complexity index is 660. The van der Waals surface area contributed by atoms with Crippen molar-refractivity contribution in [1.82, 2.24) is 9.80 Å². The van der Waals surface area contributed by atoms with Crippen molar-refractivity contribution in [3.05, 3.63) is 30.1 Å². The van der Waals surface area contributed by atoms with E-state index in [1.54, 1.807) is 12.1 Å². The highest BCUT2D eigenvalue weighted by Crippen LogP contribution is 2.28. The molecule has 3 saturated heterocycles. The summed E-state index contributed by atoms with van der Waals surface area (Å²) in [5, 5.41) is 10.2. The number of rotatable bonds is 3. The lowest BCUT2D eigenvalue weighted by atomic mass is 10.0. The number of benzene rings is 1. The van der Waals surface area contributed by atoms with Crippen molar-refractivity contribution >= 4 is 11.6 Å². The first kappa shape index (κ1) is 18.7. The number of aliphatic hydroxyl groups excluding tert-OH is 1. The number of para-hydroxylation sites is 1. The number of carbonyl (C=O) groups excluding carboxylic acids is 1. The molecule has 7 heteroatoms. The summed E-state index contributed by atoms with van der Waals surface area (Å²) in [5.74, 6) is -0.117. The highest BCUT2D eigenvalue weighted by molar-refractivity contribution is 5.82. The number of hydrogen-bond acceptors (Lipinski definition) is 5. The lowest BCUT2D eigenvalue weighted by molar-refractivity contribution is -0.137. The Morgan fingerprint density at radius 1 is 1.11 bits per heavy atom. The molecule has 0 spiro atoms. The van der Waals surface area contributed by atoms with Crippen LogP contribution in [0.15, 0.2) is 24.3 Å². The molecule has 3 aliphatic heterocycles. The lowest BCUT2D eigenvalue weighted by Gasteiger charge is -2.40. The van der Waals surface area contributed by atoms with Gasteiger partial charge in [-0.25, -0.2) is 4.39 Å². The summed E-state index contributed by atoms with van der Waals surface area (Å²) in [6, 6.07) is 6.84. The average molecular weight is 377 g/mol. The smallest absolute Gasteiger partial charge is 0.240 e. The molecule has 0 radical (unpaired) electrons. The maximum absolute atomic E-state index is 14.0. The van der Waals surface area contributed by atoms with Crippen molar-refractivity contribution in [2.75, 3.05) is 50.8 Å². The molecule has 0 saturated carbocycles. The van der Waals surface area contributed by atoms with Crippen LogP contribution in [0.4, 0.5) is 10.1 Å². The summed E-state index contributed by atoms with van der Waals surface area (Å²) in [7, 11) is 0. The van der Waals surface area contributed by atoms with E-state index in [4.69, 9.17) is 4.74 Å². The third kappa shape index (κ3) is 3.95. The first-order valence-electron chi connectivity index (χ1n) is 9.93. The minimum absolute atomic E-state index is 0.103. The zero-order valence-electron chi connectivity index (χ0n) is 15.6. The van der Waals surface area contributed by atoms with Crippen LogP contribution in [-0.4, -0.2) is 84.9 Å². The van der Waals surface area contributed by atoms with Crippen LogP contribution < -0.4 is 4.90 Å². The fraction of sp³-hybridized carbons (Fsp3) is 0.650. The monoisotopic (exact) mass is 377 g/mol. The Hall–Kier alpha value is -1.70. The maximum atomic E-state index is 14.0. The Labute approximate surface area is 159 Å². The van der Waals surface area contributed by atoms with Crippen molar-refractivity contribution in [1.29, 1.82) is 0 Å². The molecule has 0 bridgehead atoms. The number of ether oxygens (including phenoxy) is 1. The first-order chi connectivity index (χ1) is 13.1. The van der Waals surface area contributed by atoms with Gasteiger partial charge in [-0.15, -0.1) is 0 Å². The molecule has 6 nitrogen and oxygen atoms in total. The van der Waals surface area contributed by atoms with E-state index in [1.807, 2.05) is 15.9 Å². The van der Waals surface area contributed by atoms with Crippen LogP contribution in [0.5, 0.6) is 0 Å². The van der Waals surface area contributed by atoms with Gasteiger partial charge in [0.05, 0.1) is 17.8 Å². The molecule has 1 aromatic rings. The molecule has 4 rings (SSSR count). The lowest BCUT2D eigenvalue weighted by Crippen LogP contribution is -2.55. The zero-order valence-corrected chi connectivity index (χ0v) is 15.6. The van der Waals surface area contributed by atoms with Crippen molar-refractivity contribution in [3.63, 3.8) is 0 Å². The second kappa shape index (κ2) is 8.12. The SMILES string of the molecule is O=C([C@@H]1C[C@@H](O)CN1C1CCOCC1)N1CCN(c2ccccc2F)CC1. The van der Waals surface area contributed by atoms with Crippen LogP contribution in [0.3, 0.4) is 0 Å². The van der Waals surface area contributed by atoms with Gasteiger partial charge in [0, 0.05) is 52.0 Å². The molecule has 0 aliphatic carbocycles. The van der Waals surface area contributed by atoms with Gasteiger partial charge in [0.25, 0.3) is 0 Å². The van der Waals surface area contributed by atoms with Crippen LogP contribution in [0, 0.1) is 5.82 Å². The molecule has 1 aromatic carbocycles. The first-order valence-corrected chi connectivity index (χ1v) is 9.93. The van der Waals surface area contributed by atoms with E-state index in [1.165, 1.54) is 6.07 Å². The number of aliphatic hydroxyl groups is 1. The summed E-state index contributed by atoms with van der Waals surface area (Å²) in [4.78, 5) is 19.2. The Balaban J connectivity index is 1.39. The van der Waals surface area contributed by atoms with Gasteiger partial charge in [0.1, 0.15) is 5.82 Å². The van der Waals surface area contributed by atoms with E-state index < -0.39 is 6.10 Å². The third-order valence-corrected chi connectivity index (χ3v) is 6.05. The third-order valence-electron chi connectivity index (χ3n) is 6.05. The average Bonchev–Trinajstić information content (AvgIpc) is 3.10. The predicted octanol–water partition coefficient (Wildman–Crippen LogP) is 1.09. The van der Waals surface area contributed by atoms with Crippen LogP contribution >= 0.6 is 0 Å². The summed E-state index contributed by atoms with van der Waals surface area (Å²) in [5.41, 5.74) is 0.602. The largest absolute Gasteiger partial charge is 0.392 e. The van der Waals surface area contributed by atoms with Crippen molar-refractivity contribution < 1.29 is 19.0 Å². The summed E-state index contributed by atoms with van der Waals surface area (Å²) in [6.07, 6.45) is 1.89. The molecule has 1 amide bonds. The molecular weight excluding hydrogens is 349 g/mol. The van der Waals surface area contributed by atoms with Crippen molar-refractivity contribution in [2.45, 2.75) is 37.5 Å². The molecular formula is C20H28FN3O3. The van der Waals surface area contributed by atoms with Gasteiger partial charge in [-0.2, -0.15) is 0 Å². The highest BCUT2D eigenvalue weighted by Gasteiger charge is 2.42. The van der Waals surface area contributed by atoms with Gasteiger partial charge in [-0.05, 0) is 31.4 Å².